The maximum absolute atomic E-state index is 5.92. The van der Waals surface area contributed by atoms with Gasteiger partial charge in [0.2, 0.25) is 0 Å². The fourth-order valence-electron chi connectivity index (χ4n) is 2.78. The summed E-state index contributed by atoms with van der Waals surface area (Å²) in [4.78, 5) is 0. The van der Waals surface area contributed by atoms with E-state index in [1.54, 1.807) is 0 Å². The molecule has 0 spiro atoms. The molecule has 1 unspecified atom stereocenters. The third-order valence-corrected chi connectivity index (χ3v) is 4.16. The van der Waals surface area contributed by atoms with E-state index in [0.29, 0.717) is 6.10 Å². The van der Waals surface area contributed by atoms with Gasteiger partial charge in [0.15, 0.2) is 0 Å². The largest absolute Gasteiger partial charge is 0.377 e. The van der Waals surface area contributed by atoms with Gasteiger partial charge in [0.25, 0.3) is 0 Å². The van der Waals surface area contributed by atoms with Crippen LogP contribution in [-0.4, -0.2) is 25.8 Å². The number of unbranched alkanes of at least 4 members (excludes halogenated alkanes) is 1. The molecule has 0 heterocycles. The minimum atomic E-state index is 0.558. The van der Waals surface area contributed by atoms with Crippen LogP contribution in [0.25, 0.3) is 0 Å². The van der Waals surface area contributed by atoms with Crippen LogP contribution < -0.4 is 5.32 Å². The molecule has 1 saturated carbocycles. The second-order valence-electron chi connectivity index (χ2n) is 5.75. The van der Waals surface area contributed by atoms with Gasteiger partial charge in [-0.15, -0.1) is 0 Å². The highest BCUT2D eigenvalue weighted by Crippen LogP contribution is 2.19. The van der Waals surface area contributed by atoms with Crippen molar-refractivity contribution in [3.63, 3.8) is 0 Å². The molecule has 1 N–H and O–H groups in total. The maximum atomic E-state index is 5.92. The van der Waals surface area contributed by atoms with E-state index >= 15 is 0 Å². The summed E-state index contributed by atoms with van der Waals surface area (Å²) in [6.07, 6.45) is 12.7. The van der Waals surface area contributed by atoms with Crippen LogP contribution in [0.5, 0.6) is 0 Å². The van der Waals surface area contributed by atoms with Crippen LogP contribution in [0.15, 0.2) is 0 Å². The van der Waals surface area contributed by atoms with E-state index in [4.69, 9.17) is 4.74 Å². The number of rotatable bonds is 10. The molecule has 1 aliphatic rings. The first kappa shape index (κ1) is 16.0. The molecule has 1 rings (SSSR count). The molecular weight excluding hydrogens is 222 g/mol. The first-order chi connectivity index (χ1) is 8.86. The van der Waals surface area contributed by atoms with Gasteiger partial charge in [0.05, 0.1) is 12.7 Å². The van der Waals surface area contributed by atoms with Crippen molar-refractivity contribution in [2.75, 3.05) is 19.7 Å². The Morgan fingerprint density at radius 1 is 1.17 bits per heavy atom. The van der Waals surface area contributed by atoms with Crippen LogP contribution >= 0.6 is 0 Å². The topological polar surface area (TPSA) is 21.3 Å². The zero-order valence-corrected chi connectivity index (χ0v) is 12.5. The zero-order valence-electron chi connectivity index (χ0n) is 12.5. The zero-order chi connectivity index (χ0) is 13.1. The van der Waals surface area contributed by atoms with E-state index in [1.807, 2.05) is 0 Å². The monoisotopic (exact) mass is 255 g/mol. The lowest BCUT2D eigenvalue weighted by molar-refractivity contribution is 0.0300. The van der Waals surface area contributed by atoms with Crippen molar-refractivity contribution in [3.8, 4) is 0 Å². The summed E-state index contributed by atoms with van der Waals surface area (Å²) in [7, 11) is 0. The second kappa shape index (κ2) is 10.8. The van der Waals surface area contributed by atoms with Gasteiger partial charge in [-0.3, -0.25) is 0 Å². The SMILES string of the molecule is CCCCC(CC)CNCCOC1CCCCC1. The summed E-state index contributed by atoms with van der Waals surface area (Å²) >= 11 is 0. The van der Waals surface area contributed by atoms with Crippen molar-refractivity contribution in [3.05, 3.63) is 0 Å². The van der Waals surface area contributed by atoms with Crippen molar-refractivity contribution in [2.24, 2.45) is 5.92 Å². The minimum absolute atomic E-state index is 0.558. The molecule has 0 aromatic heterocycles. The molecule has 0 amide bonds. The summed E-state index contributed by atoms with van der Waals surface area (Å²) in [5.41, 5.74) is 0. The standard InChI is InChI=1S/C16H33NO/c1-3-5-9-15(4-2)14-17-12-13-18-16-10-7-6-8-11-16/h15-17H,3-14H2,1-2H3. The van der Waals surface area contributed by atoms with E-state index in [2.05, 4.69) is 19.2 Å². The lowest BCUT2D eigenvalue weighted by Crippen LogP contribution is -2.28. The van der Waals surface area contributed by atoms with Crippen molar-refractivity contribution in [2.45, 2.75) is 77.7 Å². The molecule has 1 atom stereocenters. The predicted octanol–water partition coefficient (Wildman–Crippen LogP) is 4.14. The number of hydrogen-bond acceptors (Lipinski definition) is 2. The quantitative estimate of drug-likeness (QED) is 0.592. The lowest BCUT2D eigenvalue weighted by atomic mass is 9.98. The summed E-state index contributed by atoms with van der Waals surface area (Å²) in [6, 6.07) is 0. The van der Waals surface area contributed by atoms with Gasteiger partial charge in [0.1, 0.15) is 0 Å². The molecule has 0 radical (unpaired) electrons. The molecule has 0 saturated heterocycles. The van der Waals surface area contributed by atoms with Gasteiger partial charge < -0.3 is 10.1 Å². The summed E-state index contributed by atoms with van der Waals surface area (Å²) in [5.74, 6) is 0.861. The third kappa shape index (κ3) is 7.38. The Morgan fingerprint density at radius 2 is 1.94 bits per heavy atom. The lowest BCUT2D eigenvalue weighted by Gasteiger charge is -2.22. The first-order valence-corrected chi connectivity index (χ1v) is 8.19. The van der Waals surface area contributed by atoms with Gasteiger partial charge in [0, 0.05) is 6.54 Å². The molecular formula is C16H33NO. The maximum Gasteiger partial charge on any atom is 0.0594 e. The Morgan fingerprint density at radius 3 is 2.61 bits per heavy atom. The van der Waals surface area contributed by atoms with E-state index in [9.17, 15) is 0 Å². The summed E-state index contributed by atoms with van der Waals surface area (Å²) < 4.78 is 5.92. The molecule has 0 bridgehead atoms. The van der Waals surface area contributed by atoms with Crippen LogP contribution in [0.4, 0.5) is 0 Å². The number of nitrogens with one attached hydrogen (secondary N) is 1. The number of ether oxygens (including phenoxy) is 1. The van der Waals surface area contributed by atoms with E-state index in [0.717, 1.165) is 19.1 Å². The van der Waals surface area contributed by atoms with E-state index in [-0.39, 0.29) is 0 Å². The molecule has 0 aromatic rings. The van der Waals surface area contributed by atoms with Gasteiger partial charge >= 0.3 is 0 Å². The molecule has 2 nitrogen and oxygen atoms in total. The van der Waals surface area contributed by atoms with Gasteiger partial charge in [-0.25, -0.2) is 0 Å². The van der Waals surface area contributed by atoms with Crippen molar-refractivity contribution >= 4 is 0 Å². The second-order valence-corrected chi connectivity index (χ2v) is 5.75. The minimum Gasteiger partial charge on any atom is -0.377 e. The van der Waals surface area contributed by atoms with Crippen molar-refractivity contribution in [1.29, 1.82) is 0 Å². The molecule has 1 aliphatic carbocycles. The highest BCUT2D eigenvalue weighted by atomic mass is 16.5. The molecule has 108 valence electrons. The fourth-order valence-corrected chi connectivity index (χ4v) is 2.78. The van der Waals surface area contributed by atoms with E-state index in [1.165, 1.54) is 64.3 Å². The van der Waals surface area contributed by atoms with Crippen molar-refractivity contribution in [1.82, 2.24) is 5.32 Å². The van der Waals surface area contributed by atoms with Gasteiger partial charge in [-0.1, -0.05) is 52.4 Å². The Balaban J connectivity index is 1.93. The summed E-state index contributed by atoms with van der Waals surface area (Å²) in [5, 5.41) is 3.56. The average Bonchev–Trinajstić information content (AvgIpc) is 2.43. The Labute approximate surface area is 114 Å². The van der Waals surface area contributed by atoms with Gasteiger partial charge in [-0.2, -0.15) is 0 Å². The highest BCUT2D eigenvalue weighted by Gasteiger charge is 2.13. The molecule has 18 heavy (non-hydrogen) atoms. The van der Waals surface area contributed by atoms with Crippen LogP contribution in [-0.2, 0) is 4.74 Å². The average molecular weight is 255 g/mol. The first-order valence-electron chi connectivity index (χ1n) is 8.19. The van der Waals surface area contributed by atoms with Crippen LogP contribution in [0.2, 0.25) is 0 Å². The predicted molar refractivity (Wildman–Crippen MR) is 79.0 cm³/mol. The molecule has 1 fully saturated rings. The highest BCUT2D eigenvalue weighted by molar-refractivity contribution is 4.66. The Kier molecular flexibility index (Phi) is 9.59. The molecule has 0 aromatic carbocycles. The fraction of sp³-hybridized carbons (Fsp3) is 1.00. The van der Waals surface area contributed by atoms with E-state index < -0.39 is 0 Å². The Bertz CT molecular complexity index is 178. The third-order valence-electron chi connectivity index (χ3n) is 4.16. The Hall–Kier alpha value is -0.0800. The molecule has 2 heteroatoms. The molecule has 0 aliphatic heterocycles. The van der Waals surface area contributed by atoms with Crippen LogP contribution in [0.3, 0.4) is 0 Å². The van der Waals surface area contributed by atoms with Crippen LogP contribution in [0.1, 0.15) is 71.6 Å². The van der Waals surface area contributed by atoms with Crippen molar-refractivity contribution < 1.29 is 4.74 Å². The van der Waals surface area contributed by atoms with Crippen LogP contribution in [0, 0.1) is 5.92 Å². The number of hydrogen-bond donors (Lipinski definition) is 1. The smallest absolute Gasteiger partial charge is 0.0594 e. The summed E-state index contributed by atoms with van der Waals surface area (Å²) in [6.45, 7) is 7.68. The van der Waals surface area contributed by atoms with Gasteiger partial charge in [-0.05, 0) is 31.7 Å². The normalized spacial score (nSPS) is 19.0.